The topological polar surface area (TPSA) is 67.6 Å². The number of carbonyl (C=O) groups excluding carboxylic acids is 2. The highest BCUT2D eigenvalue weighted by atomic mass is 16.2. The number of nitrogens with zero attached hydrogens (tertiary/aromatic N) is 4. The van der Waals surface area contributed by atoms with Gasteiger partial charge in [0.1, 0.15) is 0 Å². The zero-order valence-electron chi connectivity index (χ0n) is 19.0. The molecule has 2 aromatic rings. The van der Waals surface area contributed by atoms with E-state index in [1.165, 1.54) is 12.8 Å². The van der Waals surface area contributed by atoms with Crippen molar-refractivity contribution in [3.05, 3.63) is 70.3 Å². The van der Waals surface area contributed by atoms with Crippen molar-refractivity contribution >= 4 is 11.8 Å². The molecule has 0 unspecified atom stereocenters. The standard InChI is InChI=1S/C27H30N4O2/c28-17-20-5-3-6-22(15-20)26(32)30-14-10-21-16-23(8-9-24(21)18-30)27(33)31-13-4-7-25(31)19-29-11-1-2-12-29/h3,5-6,8-9,15-16,25H,1-2,4,7,10-14,18-19H2/t25-/m0/s1. The average Bonchev–Trinajstić information content (AvgIpc) is 3.55. The first-order chi connectivity index (χ1) is 16.1. The van der Waals surface area contributed by atoms with Gasteiger partial charge in [-0.2, -0.15) is 5.26 Å². The highest BCUT2D eigenvalue weighted by molar-refractivity contribution is 5.96. The summed E-state index contributed by atoms with van der Waals surface area (Å²) in [7, 11) is 0. The Balaban J connectivity index is 1.27. The number of likely N-dealkylation sites (tertiary alicyclic amines) is 2. The molecule has 2 saturated heterocycles. The molecule has 170 valence electrons. The lowest BCUT2D eigenvalue weighted by Crippen LogP contribution is -2.42. The van der Waals surface area contributed by atoms with Crippen molar-refractivity contribution in [1.82, 2.24) is 14.7 Å². The van der Waals surface area contributed by atoms with Crippen molar-refractivity contribution in [3.63, 3.8) is 0 Å². The number of rotatable bonds is 4. The zero-order chi connectivity index (χ0) is 22.8. The van der Waals surface area contributed by atoms with Crippen LogP contribution in [0.25, 0.3) is 0 Å². The third-order valence-electron chi connectivity index (χ3n) is 7.30. The Hall–Kier alpha value is -3.17. The monoisotopic (exact) mass is 442 g/mol. The lowest BCUT2D eigenvalue weighted by molar-refractivity contribution is 0.0703. The molecule has 0 aromatic heterocycles. The van der Waals surface area contributed by atoms with E-state index in [1.54, 1.807) is 24.3 Å². The first-order valence-electron chi connectivity index (χ1n) is 12.1. The summed E-state index contributed by atoms with van der Waals surface area (Å²) in [5, 5.41) is 9.11. The quantitative estimate of drug-likeness (QED) is 0.727. The second-order valence-corrected chi connectivity index (χ2v) is 9.46. The molecule has 5 rings (SSSR count). The van der Waals surface area contributed by atoms with Gasteiger partial charge in [-0.1, -0.05) is 12.1 Å². The number of hydrogen-bond donors (Lipinski definition) is 0. The number of carbonyl (C=O) groups is 2. The van der Waals surface area contributed by atoms with Crippen molar-refractivity contribution < 1.29 is 9.59 Å². The normalized spacial score (nSPS) is 20.5. The van der Waals surface area contributed by atoms with Gasteiger partial charge >= 0.3 is 0 Å². The van der Waals surface area contributed by atoms with Gasteiger partial charge in [0, 0.05) is 43.3 Å². The van der Waals surface area contributed by atoms with E-state index in [0.717, 1.165) is 62.1 Å². The molecule has 1 atom stereocenters. The van der Waals surface area contributed by atoms with Gasteiger partial charge in [0.25, 0.3) is 11.8 Å². The van der Waals surface area contributed by atoms with Gasteiger partial charge < -0.3 is 14.7 Å². The maximum Gasteiger partial charge on any atom is 0.254 e. The van der Waals surface area contributed by atoms with Crippen LogP contribution in [0.5, 0.6) is 0 Å². The lowest BCUT2D eigenvalue weighted by Gasteiger charge is -2.31. The van der Waals surface area contributed by atoms with Crippen molar-refractivity contribution in [3.8, 4) is 6.07 Å². The minimum Gasteiger partial charge on any atom is -0.334 e. The predicted molar refractivity (Wildman–Crippen MR) is 126 cm³/mol. The summed E-state index contributed by atoms with van der Waals surface area (Å²) < 4.78 is 0. The van der Waals surface area contributed by atoms with Crippen LogP contribution in [0.1, 0.15) is 63.1 Å². The fraction of sp³-hybridized carbons (Fsp3) is 0.444. The number of benzene rings is 2. The van der Waals surface area contributed by atoms with Gasteiger partial charge in [0.05, 0.1) is 11.6 Å². The number of fused-ring (bicyclic) bond motifs is 1. The molecular weight excluding hydrogens is 412 g/mol. The SMILES string of the molecule is N#Cc1cccc(C(=O)N2CCc3cc(C(=O)N4CCC[C@H]4CN4CCCC4)ccc3C2)c1. The zero-order valence-corrected chi connectivity index (χ0v) is 19.0. The van der Waals surface area contributed by atoms with Gasteiger partial charge in [-0.05, 0) is 86.7 Å². The van der Waals surface area contributed by atoms with Crippen LogP contribution in [0.3, 0.4) is 0 Å². The fourth-order valence-corrected chi connectivity index (χ4v) is 5.49. The summed E-state index contributed by atoms with van der Waals surface area (Å²) in [4.78, 5) is 32.7. The minimum atomic E-state index is -0.0558. The Morgan fingerprint density at radius 2 is 1.73 bits per heavy atom. The molecule has 6 heteroatoms. The summed E-state index contributed by atoms with van der Waals surface area (Å²) in [6.45, 7) is 5.31. The Bertz CT molecular complexity index is 1100. The highest BCUT2D eigenvalue weighted by Crippen LogP contribution is 2.26. The van der Waals surface area contributed by atoms with E-state index >= 15 is 0 Å². The predicted octanol–water partition coefficient (Wildman–Crippen LogP) is 3.46. The van der Waals surface area contributed by atoms with E-state index in [2.05, 4.69) is 15.9 Å². The second kappa shape index (κ2) is 9.36. The molecule has 0 bridgehead atoms. The van der Waals surface area contributed by atoms with Crippen LogP contribution in [-0.4, -0.2) is 65.3 Å². The maximum atomic E-state index is 13.4. The van der Waals surface area contributed by atoms with Crippen molar-refractivity contribution in [2.75, 3.05) is 32.7 Å². The summed E-state index contributed by atoms with van der Waals surface area (Å²) in [6, 6.07) is 15.3. The third-order valence-corrected chi connectivity index (χ3v) is 7.30. The molecule has 3 aliphatic rings. The molecule has 33 heavy (non-hydrogen) atoms. The van der Waals surface area contributed by atoms with E-state index in [1.807, 2.05) is 23.1 Å². The van der Waals surface area contributed by atoms with Crippen LogP contribution >= 0.6 is 0 Å². The first kappa shape index (κ1) is 21.7. The number of nitriles is 1. The molecule has 3 aliphatic heterocycles. The average molecular weight is 443 g/mol. The van der Waals surface area contributed by atoms with Crippen LogP contribution in [0.15, 0.2) is 42.5 Å². The fourth-order valence-electron chi connectivity index (χ4n) is 5.49. The molecule has 2 aromatic carbocycles. The van der Waals surface area contributed by atoms with Gasteiger partial charge in [-0.25, -0.2) is 0 Å². The molecule has 2 fully saturated rings. The molecule has 0 saturated carbocycles. The highest BCUT2D eigenvalue weighted by Gasteiger charge is 2.32. The largest absolute Gasteiger partial charge is 0.334 e. The Morgan fingerprint density at radius 3 is 2.55 bits per heavy atom. The van der Waals surface area contributed by atoms with Crippen molar-refractivity contribution in [1.29, 1.82) is 5.26 Å². The van der Waals surface area contributed by atoms with Crippen molar-refractivity contribution in [2.45, 2.75) is 44.7 Å². The third kappa shape index (κ3) is 4.51. The van der Waals surface area contributed by atoms with Crippen LogP contribution in [0.4, 0.5) is 0 Å². The summed E-state index contributed by atoms with van der Waals surface area (Å²) in [5.74, 6) is 0.0889. The minimum absolute atomic E-state index is 0.0558. The van der Waals surface area contributed by atoms with Crippen LogP contribution in [-0.2, 0) is 13.0 Å². The van der Waals surface area contributed by atoms with Crippen LogP contribution in [0.2, 0.25) is 0 Å². The van der Waals surface area contributed by atoms with Gasteiger partial charge in [0.15, 0.2) is 0 Å². The Kier molecular flexibility index (Phi) is 6.15. The molecule has 0 spiro atoms. The number of amides is 2. The molecule has 3 heterocycles. The second-order valence-electron chi connectivity index (χ2n) is 9.46. The maximum absolute atomic E-state index is 13.4. The van der Waals surface area contributed by atoms with E-state index in [0.29, 0.717) is 30.3 Å². The Morgan fingerprint density at radius 1 is 0.909 bits per heavy atom. The van der Waals surface area contributed by atoms with Gasteiger partial charge in [-0.15, -0.1) is 0 Å². The van der Waals surface area contributed by atoms with Crippen molar-refractivity contribution in [2.24, 2.45) is 0 Å². The molecule has 0 N–H and O–H groups in total. The molecular formula is C27H30N4O2. The number of hydrogen-bond acceptors (Lipinski definition) is 4. The lowest BCUT2D eigenvalue weighted by atomic mass is 9.96. The summed E-state index contributed by atoms with van der Waals surface area (Å²) >= 11 is 0. The van der Waals surface area contributed by atoms with Crippen LogP contribution in [0, 0.1) is 11.3 Å². The molecule has 0 aliphatic carbocycles. The van der Waals surface area contributed by atoms with E-state index < -0.39 is 0 Å². The Labute approximate surface area is 195 Å². The van der Waals surface area contributed by atoms with E-state index in [-0.39, 0.29) is 11.8 Å². The van der Waals surface area contributed by atoms with Gasteiger partial charge in [0.2, 0.25) is 0 Å². The summed E-state index contributed by atoms with van der Waals surface area (Å²) in [6.07, 6.45) is 5.46. The molecule has 0 radical (unpaired) electrons. The molecule has 2 amide bonds. The van der Waals surface area contributed by atoms with Crippen LogP contribution < -0.4 is 0 Å². The molecule has 6 nitrogen and oxygen atoms in total. The van der Waals surface area contributed by atoms with Gasteiger partial charge in [-0.3, -0.25) is 9.59 Å². The summed E-state index contributed by atoms with van der Waals surface area (Å²) in [5.41, 5.74) is 4.06. The smallest absolute Gasteiger partial charge is 0.254 e. The first-order valence-corrected chi connectivity index (χ1v) is 12.1. The van der Waals surface area contributed by atoms with E-state index in [4.69, 9.17) is 5.26 Å². The van der Waals surface area contributed by atoms with E-state index in [9.17, 15) is 9.59 Å².